The quantitative estimate of drug-likeness (QED) is 0.256. The summed E-state index contributed by atoms with van der Waals surface area (Å²) in [6, 6.07) is 24.3. The Hall–Kier alpha value is -3.45. The summed E-state index contributed by atoms with van der Waals surface area (Å²) < 4.78 is 0. The zero-order valence-corrected chi connectivity index (χ0v) is 15.8. The van der Waals surface area contributed by atoms with Crippen LogP contribution in [0.4, 0.5) is 11.4 Å². The highest BCUT2D eigenvalue weighted by atomic mass is 32.2. The zero-order chi connectivity index (χ0) is 19.6. The maximum absolute atomic E-state index is 9.99. The van der Waals surface area contributed by atoms with Gasteiger partial charge in [-0.05, 0) is 35.9 Å². The van der Waals surface area contributed by atoms with Gasteiger partial charge in [-0.3, -0.25) is 0 Å². The van der Waals surface area contributed by atoms with Gasteiger partial charge in [0.1, 0.15) is 5.75 Å². The second kappa shape index (κ2) is 10.0. The molecular formula is C21H19N5OS. The van der Waals surface area contributed by atoms with Gasteiger partial charge in [0.05, 0.1) is 17.6 Å². The van der Waals surface area contributed by atoms with Gasteiger partial charge in [0.25, 0.3) is 0 Å². The van der Waals surface area contributed by atoms with Gasteiger partial charge in [0.2, 0.25) is 0 Å². The molecule has 0 unspecified atom stereocenters. The summed E-state index contributed by atoms with van der Waals surface area (Å²) in [5, 5.41) is 26.6. The Morgan fingerprint density at radius 1 is 0.893 bits per heavy atom. The first-order chi connectivity index (χ1) is 13.7. The van der Waals surface area contributed by atoms with Gasteiger partial charge < -0.3 is 10.8 Å². The first kappa shape index (κ1) is 19.3. The van der Waals surface area contributed by atoms with Crippen LogP contribution in [0, 0.1) is 0 Å². The summed E-state index contributed by atoms with van der Waals surface area (Å²) in [7, 11) is 0. The Morgan fingerprint density at radius 3 is 2.32 bits per heavy atom. The van der Waals surface area contributed by atoms with Crippen LogP contribution in [0.5, 0.6) is 5.75 Å². The van der Waals surface area contributed by atoms with Crippen LogP contribution in [0.3, 0.4) is 0 Å². The van der Waals surface area contributed by atoms with E-state index in [-0.39, 0.29) is 5.75 Å². The molecule has 140 valence electrons. The molecule has 3 aromatic carbocycles. The number of benzene rings is 3. The van der Waals surface area contributed by atoms with Crippen molar-refractivity contribution in [3.8, 4) is 5.75 Å². The van der Waals surface area contributed by atoms with Crippen molar-refractivity contribution in [3.05, 3.63) is 90.0 Å². The van der Waals surface area contributed by atoms with Crippen LogP contribution in [0.1, 0.15) is 11.1 Å². The molecule has 0 amide bonds. The largest absolute Gasteiger partial charge is 0.507 e. The van der Waals surface area contributed by atoms with E-state index < -0.39 is 0 Å². The second-order valence-corrected chi connectivity index (χ2v) is 6.73. The van der Waals surface area contributed by atoms with Crippen molar-refractivity contribution in [2.45, 2.75) is 5.75 Å². The number of hydrogen-bond acceptors (Lipinski definition) is 6. The van der Waals surface area contributed by atoms with Crippen LogP contribution < -0.4 is 5.73 Å². The minimum Gasteiger partial charge on any atom is -0.507 e. The average Bonchev–Trinajstić information content (AvgIpc) is 2.74. The maximum Gasteiger partial charge on any atom is 0.180 e. The molecule has 3 aromatic rings. The van der Waals surface area contributed by atoms with Crippen LogP contribution >= 0.6 is 11.8 Å². The minimum absolute atomic E-state index is 0.0770. The number of rotatable bonds is 6. The summed E-state index contributed by atoms with van der Waals surface area (Å²) in [4.78, 5) is 0. The van der Waals surface area contributed by atoms with Gasteiger partial charge in [-0.1, -0.05) is 60.3 Å². The summed E-state index contributed by atoms with van der Waals surface area (Å²) >= 11 is 1.40. The number of hydrogen-bond donors (Lipinski definition) is 2. The van der Waals surface area contributed by atoms with Crippen LogP contribution in [-0.4, -0.2) is 16.5 Å². The van der Waals surface area contributed by atoms with Crippen molar-refractivity contribution in [1.82, 2.24) is 0 Å². The molecule has 0 saturated heterocycles. The van der Waals surface area contributed by atoms with Crippen molar-refractivity contribution in [1.29, 1.82) is 0 Å². The lowest BCUT2D eigenvalue weighted by molar-refractivity contribution is 0.474. The lowest BCUT2D eigenvalue weighted by Crippen LogP contribution is -2.05. The second-order valence-electron chi connectivity index (χ2n) is 5.74. The number of phenols is 1. The van der Waals surface area contributed by atoms with Gasteiger partial charge in [-0.25, -0.2) is 0 Å². The summed E-state index contributed by atoms with van der Waals surface area (Å²) in [5.41, 5.74) is 8.85. The van der Waals surface area contributed by atoms with Gasteiger partial charge in [0.15, 0.2) is 5.17 Å². The fraction of sp³-hybridized carbons (Fsp3) is 0.0476. The van der Waals surface area contributed by atoms with E-state index in [1.54, 1.807) is 12.1 Å². The van der Waals surface area contributed by atoms with E-state index in [9.17, 15) is 5.11 Å². The normalized spacial score (nSPS) is 12.1. The molecule has 0 aliphatic heterocycles. The van der Waals surface area contributed by atoms with E-state index in [1.165, 1.54) is 24.0 Å². The Balaban J connectivity index is 1.63. The predicted molar refractivity (Wildman–Crippen MR) is 116 cm³/mol. The van der Waals surface area contributed by atoms with Gasteiger partial charge in [-0.2, -0.15) is 15.3 Å². The highest BCUT2D eigenvalue weighted by Crippen LogP contribution is 2.24. The van der Waals surface area contributed by atoms with Crippen molar-refractivity contribution in [2.75, 3.05) is 0 Å². The van der Waals surface area contributed by atoms with E-state index in [4.69, 9.17) is 5.73 Å². The fourth-order valence-electron chi connectivity index (χ4n) is 2.23. The monoisotopic (exact) mass is 389 g/mol. The van der Waals surface area contributed by atoms with Crippen molar-refractivity contribution < 1.29 is 5.11 Å². The Bertz CT molecular complexity index is 988. The SMILES string of the molecule is NC(=NN=Cc1cc(N=Nc2ccccc2)ccc1O)SCc1ccccc1. The molecule has 0 aromatic heterocycles. The smallest absolute Gasteiger partial charge is 0.180 e. The molecule has 7 heteroatoms. The predicted octanol–water partition coefficient (Wildman–Crippen LogP) is 5.39. The first-order valence-electron chi connectivity index (χ1n) is 8.54. The third-order valence-corrected chi connectivity index (χ3v) is 4.49. The Morgan fingerprint density at radius 2 is 1.57 bits per heavy atom. The minimum atomic E-state index is 0.0770. The maximum atomic E-state index is 9.99. The zero-order valence-electron chi connectivity index (χ0n) is 15.0. The van der Waals surface area contributed by atoms with Crippen LogP contribution in [0.2, 0.25) is 0 Å². The van der Waals surface area contributed by atoms with Gasteiger partial charge in [0, 0.05) is 11.3 Å². The topological polar surface area (TPSA) is 95.7 Å². The number of nitrogens with zero attached hydrogens (tertiary/aromatic N) is 4. The molecule has 0 atom stereocenters. The molecule has 3 N–H and O–H groups in total. The van der Waals surface area contributed by atoms with Crippen LogP contribution in [0.25, 0.3) is 0 Å². The van der Waals surface area contributed by atoms with E-state index in [0.29, 0.717) is 22.2 Å². The lowest BCUT2D eigenvalue weighted by atomic mass is 10.2. The lowest BCUT2D eigenvalue weighted by Gasteiger charge is -2.00. The van der Waals surface area contributed by atoms with Crippen molar-refractivity contribution >= 4 is 34.5 Å². The third kappa shape index (κ3) is 6.07. The van der Waals surface area contributed by atoms with Crippen molar-refractivity contribution in [2.24, 2.45) is 26.2 Å². The molecule has 0 heterocycles. The highest BCUT2D eigenvalue weighted by molar-refractivity contribution is 8.13. The van der Waals surface area contributed by atoms with E-state index in [0.717, 1.165) is 11.3 Å². The molecule has 6 nitrogen and oxygen atoms in total. The number of thioether (sulfide) groups is 1. The number of amidine groups is 1. The highest BCUT2D eigenvalue weighted by Gasteiger charge is 2.01. The number of nitrogens with two attached hydrogens (primary N) is 1. The molecule has 0 radical (unpaired) electrons. The Labute approximate surface area is 167 Å². The molecule has 28 heavy (non-hydrogen) atoms. The molecule has 0 fully saturated rings. The van der Waals surface area contributed by atoms with E-state index in [1.807, 2.05) is 60.7 Å². The van der Waals surface area contributed by atoms with E-state index >= 15 is 0 Å². The van der Waals surface area contributed by atoms with Crippen LogP contribution in [0.15, 0.2) is 99.3 Å². The first-order valence-corrected chi connectivity index (χ1v) is 9.52. The average molecular weight is 389 g/mol. The number of aromatic hydroxyl groups is 1. The summed E-state index contributed by atoms with van der Waals surface area (Å²) in [5.74, 6) is 0.792. The molecular weight excluding hydrogens is 370 g/mol. The Kier molecular flexibility index (Phi) is 6.92. The van der Waals surface area contributed by atoms with E-state index in [2.05, 4.69) is 20.4 Å². The van der Waals surface area contributed by atoms with Crippen molar-refractivity contribution in [3.63, 3.8) is 0 Å². The molecule has 0 bridgehead atoms. The summed E-state index contributed by atoms with van der Waals surface area (Å²) in [6.45, 7) is 0. The number of azo groups is 1. The molecule has 0 saturated carbocycles. The molecule has 0 spiro atoms. The van der Waals surface area contributed by atoms with Gasteiger partial charge in [-0.15, -0.1) is 5.10 Å². The fourth-order valence-corrected chi connectivity index (χ4v) is 2.84. The third-order valence-electron chi connectivity index (χ3n) is 3.63. The molecule has 0 aliphatic carbocycles. The molecule has 0 aliphatic rings. The number of phenolic OH excluding ortho intramolecular Hbond substituents is 1. The molecule has 3 rings (SSSR count). The standard InChI is InChI=1S/C21H19N5OS/c22-21(28-15-16-7-3-1-4-8-16)26-23-14-17-13-19(11-12-20(17)27)25-24-18-9-5-2-6-10-18/h1-14,27H,15H2,(H2,22,26). The summed E-state index contributed by atoms with van der Waals surface area (Å²) in [6.07, 6.45) is 1.44. The van der Waals surface area contributed by atoms with Crippen LogP contribution in [-0.2, 0) is 5.75 Å². The van der Waals surface area contributed by atoms with Gasteiger partial charge >= 0.3 is 0 Å².